The normalized spacial score (nSPS) is 11.0. The molecule has 0 aliphatic rings. The van der Waals surface area contributed by atoms with Crippen molar-refractivity contribution in [2.45, 2.75) is 26.4 Å². The van der Waals surface area contributed by atoms with Crippen LogP contribution < -0.4 is 15.7 Å². The lowest BCUT2D eigenvalue weighted by atomic mass is 10.1. The summed E-state index contributed by atoms with van der Waals surface area (Å²) in [5.41, 5.74) is 0.789. The molecule has 1 aromatic carbocycles. The molecule has 0 saturated heterocycles. The maximum Gasteiger partial charge on any atom is 0.336 e. The summed E-state index contributed by atoms with van der Waals surface area (Å²) in [5.74, 6) is -0.170. The van der Waals surface area contributed by atoms with E-state index in [4.69, 9.17) is 25.5 Å². The van der Waals surface area contributed by atoms with Crippen LogP contribution in [0.15, 0.2) is 27.4 Å². The van der Waals surface area contributed by atoms with Gasteiger partial charge in [-0.15, -0.1) is 10.2 Å². The molecule has 2 aromatic heterocycles. The molecule has 0 fully saturated rings. The minimum absolute atomic E-state index is 0.249. The fourth-order valence-electron chi connectivity index (χ4n) is 2.60. The number of methoxy groups -OCH3 is 1. The van der Waals surface area contributed by atoms with Gasteiger partial charge in [-0.1, -0.05) is 36.3 Å². The molecule has 0 radical (unpaired) electrons. The van der Waals surface area contributed by atoms with Crippen molar-refractivity contribution in [2.75, 3.05) is 19.0 Å². The Morgan fingerprint density at radius 1 is 1.32 bits per heavy atom. The van der Waals surface area contributed by atoms with Crippen molar-refractivity contribution < 1.29 is 18.7 Å². The maximum absolute atomic E-state index is 12.1. The van der Waals surface area contributed by atoms with E-state index in [-0.39, 0.29) is 12.4 Å². The summed E-state index contributed by atoms with van der Waals surface area (Å²) in [7, 11) is 1.55. The number of fused-ring (bicyclic) bond motifs is 1. The van der Waals surface area contributed by atoms with Crippen molar-refractivity contribution in [2.24, 2.45) is 0 Å². The lowest BCUT2D eigenvalue weighted by Gasteiger charge is -2.10. The zero-order chi connectivity index (χ0) is 20.1. The summed E-state index contributed by atoms with van der Waals surface area (Å²) in [5, 5.41) is 12.4. The molecule has 148 valence electrons. The molecule has 8 nitrogen and oxygen atoms in total. The average Bonchev–Trinajstić information content (AvgIpc) is 3.08. The predicted molar refractivity (Wildman–Crippen MR) is 106 cm³/mol. The van der Waals surface area contributed by atoms with Gasteiger partial charge in [0.1, 0.15) is 22.9 Å². The zero-order valence-corrected chi connectivity index (χ0v) is 16.9. The van der Waals surface area contributed by atoms with E-state index < -0.39 is 11.5 Å². The lowest BCUT2D eigenvalue weighted by Crippen LogP contribution is -2.20. The van der Waals surface area contributed by atoms with E-state index in [0.717, 1.165) is 23.8 Å². The first kappa shape index (κ1) is 20.2. The van der Waals surface area contributed by atoms with E-state index in [1.165, 1.54) is 23.5 Å². The largest absolute Gasteiger partial charge is 0.482 e. The van der Waals surface area contributed by atoms with Gasteiger partial charge < -0.3 is 13.9 Å². The molecule has 0 saturated carbocycles. The minimum atomic E-state index is -0.440. The van der Waals surface area contributed by atoms with Gasteiger partial charge >= 0.3 is 5.63 Å². The topological polar surface area (TPSA) is 104 Å². The second kappa shape index (κ2) is 9.13. The van der Waals surface area contributed by atoms with Gasteiger partial charge in [0.25, 0.3) is 5.91 Å². The van der Waals surface area contributed by atoms with Crippen LogP contribution in [0.2, 0.25) is 5.02 Å². The third kappa shape index (κ3) is 4.86. The molecule has 1 N–H and O–H groups in total. The Balaban J connectivity index is 1.72. The quantitative estimate of drug-likeness (QED) is 0.553. The van der Waals surface area contributed by atoms with Crippen LogP contribution in [0.4, 0.5) is 5.13 Å². The van der Waals surface area contributed by atoms with Crippen LogP contribution in [0.25, 0.3) is 11.0 Å². The number of carbonyl (C=O) groups excluding carboxylic acids is 1. The molecular formula is C18H18ClN3O5S. The lowest BCUT2D eigenvalue weighted by molar-refractivity contribution is -0.118. The standard InChI is InChI=1S/C18H18ClN3O5S/c1-3-4-10-5-17(24)27-13-7-14(12(19)6-11(10)13)26-8-15(23)20-18-22-21-16(28-18)9-25-2/h5-7H,3-4,8-9H2,1-2H3,(H,20,22,23). The van der Waals surface area contributed by atoms with Crippen molar-refractivity contribution in [3.63, 3.8) is 0 Å². The number of aromatic nitrogens is 2. The smallest absolute Gasteiger partial charge is 0.336 e. The molecule has 3 rings (SSSR count). The van der Waals surface area contributed by atoms with Gasteiger partial charge in [-0.05, 0) is 18.1 Å². The van der Waals surface area contributed by atoms with Crippen LogP contribution in [0, 0.1) is 0 Å². The molecular weight excluding hydrogens is 406 g/mol. The molecule has 0 aliphatic carbocycles. The molecule has 3 aromatic rings. The van der Waals surface area contributed by atoms with Gasteiger partial charge in [0.15, 0.2) is 6.61 Å². The molecule has 28 heavy (non-hydrogen) atoms. The highest BCUT2D eigenvalue weighted by Crippen LogP contribution is 2.31. The van der Waals surface area contributed by atoms with Crippen LogP contribution in [0.5, 0.6) is 5.75 Å². The van der Waals surface area contributed by atoms with E-state index in [9.17, 15) is 9.59 Å². The number of ether oxygens (including phenoxy) is 2. The Hall–Kier alpha value is -2.49. The highest BCUT2D eigenvalue weighted by Gasteiger charge is 2.13. The second-order valence-corrected chi connectivity index (χ2v) is 7.36. The van der Waals surface area contributed by atoms with Gasteiger partial charge in [0.2, 0.25) is 5.13 Å². The van der Waals surface area contributed by atoms with Gasteiger partial charge in [0.05, 0.1) is 5.02 Å². The van der Waals surface area contributed by atoms with E-state index >= 15 is 0 Å². The second-order valence-electron chi connectivity index (χ2n) is 5.89. The zero-order valence-electron chi connectivity index (χ0n) is 15.3. The van der Waals surface area contributed by atoms with Gasteiger partial charge in [0, 0.05) is 24.6 Å². The number of hydrogen-bond acceptors (Lipinski definition) is 8. The third-order valence-corrected chi connectivity index (χ3v) is 4.85. The number of benzene rings is 1. The Kier molecular flexibility index (Phi) is 6.61. The number of carbonyl (C=O) groups is 1. The summed E-state index contributed by atoms with van der Waals surface area (Å²) in [6.45, 7) is 2.06. The Labute approximate surface area is 169 Å². The molecule has 0 bridgehead atoms. The van der Waals surface area contributed by atoms with Crippen LogP contribution in [-0.2, 0) is 22.6 Å². The van der Waals surface area contributed by atoms with Crippen LogP contribution in [0.1, 0.15) is 23.9 Å². The summed E-state index contributed by atoms with van der Waals surface area (Å²) in [6, 6.07) is 4.67. The van der Waals surface area contributed by atoms with Crippen molar-refractivity contribution >= 4 is 44.9 Å². The Morgan fingerprint density at radius 3 is 2.89 bits per heavy atom. The van der Waals surface area contributed by atoms with Crippen molar-refractivity contribution in [3.8, 4) is 5.75 Å². The molecule has 0 unspecified atom stereocenters. The van der Waals surface area contributed by atoms with E-state index in [1.54, 1.807) is 13.2 Å². The summed E-state index contributed by atoms with van der Waals surface area (Å²) < 4.78 is 15.7. The fraction of sp³-hybridized carbons (Fsp3) is 0.333. The summed E-state index contributed by atoms with van der Waals surface area (Å²) >= 11 is 7.50. The molecule has 2 heterocycles. The first-order valence-electron chi connectivity index (χ1n) is 8.50. The van der Waals surface area contributed by atoms with Gasteiger partial charge in [-0.3, -0.25) is 10.1 Å². The number of rotatable bonds is 8. The summed E-state index contributed by atoms with van der Waals surface area (Å²) in [6.07, 6.45) is 1.61. The molecule has 0 atom stereocenters. The number of hydrogen-bond donors (Lipinski definition) is 1. The van der Waals surface area contributed by atoms with E-state index in [0.29, 0.717) is 27.4 Å². The summed E-state index contributed by atoms with van der Waals surface area (Å²) in [4.78, 5) is 23.8. The highest BCUT2D eigenvalue weighted by atomic mass is 35.5. The number of anilines is 1. The van der Waals surface area contributed by atoms with E-state index in [1.807, 2.05) is 6.92 Å². The van der Waals surface area contributed by atoms with Crippen molar-refractivity contribution in [1.29, 1.82) is 0 Å². The average molecular weight is 424 g/mol. The SMILES string of the molecule is CCCc1cc(=O)oc2cc(OCC(=O)Nc3nnc(COC)s3)c(Cl)cc12. The third-order valence-electron chi connectivity index (χ3n) is 3.74. The molecule has 0 aliphatic heterocycles. The number of halogens is 1. The first-order chi connectivity index (χ1) is 13.5. The van der Waals surface area contributed by atoms with Crippen LogP contribution in [-0.4, -0.2) is 29.8 Å². The maximum atomic E-state index is 12.1. The van der Waals surface area contributed by atoms with Gasteiger partial charge in [-0.2, -0.15) is 0 Å². The minimum Gasteiger partial charge on any atom is -0.482 e. The molecule has 1 amide bonds. The van der Waals surface area contributed by atoms with E-state index in [2.05, 4.69) is 15.5 Å². The Morgan fingerprint density at radius 2 is 2.14 bits per heavy atom. The molecule has 10 heteroatoms. The van der Waals surface area contributed by atoms with Crippen LogP contribution in [0.3, 0.4) is 0 Å². The van der Waals surface area contributed by atoms with Crippen LogP contribution >= 0.6 is 22.9 Å². The predicted octanol–water partition coefficient (Wildman–Crippen LogP) is 3.41. The monoisotopic (exact) mass is 423 g/mol. The first-order valence-corrected chi connectivity index (χ1v) is 9.69. The fourth-order valence-corrected chi connectivity index (χ4v) is 3.55. The number of aryl methyl sites for hydroxylation is 1. The van der Waals surface area contributed by atoms with Gasteiger partial charge in [-0.25, -0.2) is 4.79 Å². The van der Waals surface area contributed by atoms with Crippen molar-refractivity contribution in [3.05, 3.63) is 44.2 Å². The van der Waals surface area contributed by atoms with Crippen molar-refractivity contribution in [1.82, 2.24) is 10.2 Å². The Bertz CT molecular complexity index is 1050. The number of nitrogens with zero attached hydrogens (tertiary/aromatic N) is 2. The number of nitrogens with one attached hydrogen (secondary N) is 1. The highest BCUT2D eigenvalue weighted by molar-refractivity contribution is 7.15. The number of amides is 1. The molecule has 0 spiro atoms.